The maximum absolute atomic E-state index is 11.0. The zero-order chi connectivity index (χ0) is 13.0. The fraction of sp³-hybridized carbons (Fsp3) is 0.417. The lowest BCUT2D eigenvalue weighted by molar-refractivity contribution is -0.116. The van der Waals surface area contributed by atoms with Gasteiger partial charge in [-0.15, -0.1) is 0 Å². The third-order valence-electron chi connectivity index (χ3n) is 2.49. The maximum Gasteiger partial charge on any atom is 0.236 e. The summed E-state index contributed by atoms with van der Waals surface area (Å²) in [7, 11) is 0. The van der Waals surface area contributed by atoms with Crippen LogP contribution in [0.4, 0.5) is 5.69 Å². The van der Waals surface area contributed by atoms with E-state index in [2.05, 4.69) is 0 Å². The minimum Gasteiger partial charge on any atom is -0.392 e. The molecule has 0 unspecified atom stereocenters. The number of hydrogen-bond donors (Lipinski definition) is 2. The molecule has 0 radical (unpaired) electrons. The van der Waals surface area contributed by atoms with Gasteiger partial charge >= 0.3 is 0 Å². The largest absolute Gasteiger partial charge is 0.392 e. The average Bonchev–Trinajstić information content (AvgIpc) is 2.25. The van der Waals surface area contributed by atoms with E-state index >= 15 is 0 Å². The topological polar surface area (TPSA) is 66.6 Å². The molecule has 0 aliphatic heterocycles. The van der Waals surface area contributed by atoms with Crippen LogP contribution in [0.2, 0.25) is 5.02 Å². The number of carbonyl (C=O) groups is 1. The normalized spacial score (nSPS) is 10.6. The summed E-state index contributed by atoms with van der Waals surface area (Å²) in [6, 6.07) is 5.43. The summed E-state index contributed by atoms with van der Waals surface area (Å²) in [6.07, 6.45) is 0. The van der Waals surface area contributed by atoms with E-state index in [0.29, 0.717) is 10.6 Å². The van der Waals surface area contributed by atoms with Crippen molar-refractivity contribution in [3.8, 4) is 0 Å². The molecule has 5 heteroatoms. The van der Waals surface area contributed by atoms with Crippen molar-refractivity contribution >= 4 is 23.2 Å². The van der Waals surface area contributed by atoms with Gasteiger partial charge in [0.05, 0.1) is 13.2 Å². The van der Waals surface area contributed by atoms with E-state index in [1.807, 2.05) is 24.8 Å². The van der Waals surface area contributed by atoms with Gasteiger partial charge in [-0.25, -0.2) is 0 Å². The van der Waals surface area contributed by atoms with Gasteiger partial charge < -0.3 is 15.7 Å². The molecule has 4 nitrogen and oxygen atoms in total. The number of aliphatic hydroxyl groups excluding tert-OH is 1. The summed E-state index contributed by atoms with van der Waals surface area (Å²) in [6.45, 7) is 3.98. The van der Waals surface area contributed by atoms with Gasteiger partial charge in [0.1, 0.15) is 0 Å². The van der Waals surface area contributed by atoms with E-state index in [1.165, 1.54) is 0 Å². The summed E-state index contributed by atoms with van der Waals surface area (Å²) in [5.41, 5.74) is 6.69. The Kier molecular flexibility index (Phi) is 4.78. The highest BCUT2D eigenvalue weighted by molar-refractivity contribution is 6.31. The first-order chi connectivity index (χ1) is 7.95. The van der Waals surface area contributed by atoms with Crippen LogP contribution in [0.15, 0.2) is 18.2 Å². The predicted molar refractivity (Wildman–Crippen MR) is 69.1 cm³/mol. The van der Waals surface area contributed by atoms with E-state index in [9.17, 15) is 4.79 Å². The number of nitrogens with two attached hydrogens (primary N) is 1. The van der Waals surface area contributed by atoms with Crippen molar-refractivity contribution in [1.82, 2.24) is 0 Å². The highest BCUT2D eigenvalue weighted by Gasteiger charge is 2.14. The Morgan fingerprint density at radius 1 is 1.53 bits per heavy atom. The maximum atomic E-state index is 11.0. The molecule has 94 valence electrons. The molecule has 0 saturated heterocycles. The summed E-state index contributed by atoms with van der Waals surface area (Å²) in [5.74, 6) is -0.388. The van der Waals surface area contributed by atoms with Gasteiger partial charge in [-0.05, 0) is 31.5 Å². The minimum atomic E-state index is -0.388. The van der Waals surface area contributed by atoms with Crippen LogP contribution in [0, 0.1) is 0 Å². The number of halogens is 1. The van der Waals surface area contributed by atoms with Crippen molar-refractivity contribution in [3.05, 3.63) is 28.8 Å². The molecule has 0 bridgehead atoms. The molecule has 0 saturated carbocycles. The highest BCUT2D eigenvalue weighted by Crippen LogP contribution is 2.25. The number of nitrogens with zero attached hydrogens (tertiary/aromatic N) is 1. The molecule has 0 aromatic heterocycles. The fourth-order valence-corrected chi connectivity index (χ4v) is 1.82. The van der Waals surface area contributed by atoms with E-state index in [1.54, 1.807) is 12.1 Å². The van der Waals surface area contributed by atoms with Gasteiger partial charge in [0.2, 0.25) is 5.91 Å². The lowest BCUT2D eigenvalue weighted by Gasteiger charge is -2.28. The molecule has 1 rings (SSSR count). The Morgan fingerprint density at radius 2 is 2.18 bits per heavy atom. The summed E-state index contributed by atoms with van der Waals surface area (Å²) < 4.78 is 0. The SMILES string of the molecule is CC(C)N(CC(N)=O)c1ccc(CO)c(Cl)c1. The van der Waals surface area contributed by atoms with E-state index < -0.39 is 0 Å². The molecule has 17 heavy (non-hydrogen) atoms. The zero-order valence-electron chi connectivity index (χ0n) is 9.98. The predicted octanol–water partition coefficient (Wildman–Crippen LogP) is 1.53. The van der Waals surface area contributed by atoms with Gasteiger partial charge in [0.15, 0.2) is 0 Å². The van der Waals surface area contributed by atoms with Crippen LogP contribution in [0.25, 0.3) is 0 Å². The molecule has 0 aliphatic rings. The van der Waals surface area contributed by atoms with Crippen LogP contribution in [-0.2, 0) is 11.4 Å². The summed E-state index contributed by atoms with van der Waals surface area (Å²) in [5, 5.41) is 9.52. The Balaban J connectivity index is 3.02. The number of aliphatic hydroxyl groups is 1. The van der Waals surface area contributed by atoms with Crippen molar-refractivity contribution in [2.24, 2.45) is 5.73 Å². The first kappa shape index (κ1) is 13.8. The molecular formula is C12H17ClN2O2. The van der Waals surface area contributed by atoms with Crippen LogP contribution in [0.1, 0.15) is 19.4 Å². The van der Waals surface area contributed by atoms with Crippen LogP contribution in [0.3, 0.4) is 0 Å². The van der Waals surface area contributed by atoms with Crippen molar-refractivity contribution in [2.45, 2.75) is 26.5 Å². The number of hydrogen-bond acceptors (Lipinski definition) is 3. The Hall–Kier alpha value is -1.26. The molecule has 0 spiro atoms. The van der Waals surface area contributed by atoms with Gasteiger partial charge in [-0.2, -0.15) is 0 Å². The smallest absolute Gasteiger partial charge is 0.236 e. The summed E-state index contributed by atoms with van der Waals surface area (Å²) >= 11 is 6.01. The first-order valence-electron chi connectivity index (χ1n) is 5.40. The number of benzene rings is 1. The molecule has 1 amide bonds. The second-order valence-corrected chi connectivity index (χ2v) is 4.53. The third kappa shape index (κ3) is 3.61. The second-order valence-electron chi connectivity index (χ2n) is 4.12. The molecule has 1 aromatic rings. The monoisotopic (exact) mass is 256 g/mol. The molecule has 0 fully saturated rings. The molecule has 0 aliphatic carbocycles. The lowest BCUT2D eigenvalue weighted by atomic mass is 10.1. The fourth-order valence-electron chi connectivity index (χ4n) is 1.58. The second kappa shape index (κ2) is 5.89. The standard InChI is InChI=1S/C12H17ClN2O2/c1-8(2)15(6-12(14)17)10-4-3-9(7-16)11(13)5-10/h3-5,8,16H,6-7H2,1-2H3,(H2,14,17). The van der Waals surface area contributed by atoms with Crippen LogP contribution >= 0.6 is 11.6 Å². The quantitative estimate of drug-likeness (QED) is 0.840. The van der Waals surface area contributed by atoms with Gasteiger partial charge in [0.25, 0.3) is 0 Å². The number of primary amides is 1. The highest BCUT2D eigenvalue weighted by atomic mass is 35.5. The van der Waals surface area contributed by atoms with Crippen molar-refractivity contribution < 1.29 is 9.90 Å². The Morgan fingerprint density at radius 3 is 2.59 bits per heavy atom. The molecule has 0 atom stereocenters. The van der Waals surface area contributed by atoms with Crippen molar-refractivity contribution in [3.63, 3.8) is 0 Å². The minimum absolute atomic E-state index is 0.101. The number of anilines is 1. The van der Waals surface area contributed by atoms with Crippen LogP contribution in [0.5, 0.6) is 0 Å². The van der Waals surface area contributed by atoms with Gasteiger partial charge in [-0.1, -0.05) is 17.7 Å². The zero-order valence-corrected chi connectivity index (χ0v) is 10.7. The van der Waals surface area contributed by atoms with Crippen molar-refractivity contribution in [1.29, 1.82) is 0 Å². The number of rotatable bonds is 5. The number of carbonyl (C=O) groups excluding carboxylic acids is 1. The van der Waals surface area contributed by atoms with E-state index in [4.69, 9.17) is 22.4 Å². The molecule has 0 heterocycles. The van der Waals surface area contributed by atoms with E-state index in [0.717, 1.165) is 5.69 Å². The Bertz CT molecular complexity index is 407. The summed E-state index contributed by atoms with van der Waals surface area (Å²) in [4.78, 5) is 12.9. The molecule has 3 N–H and O–H groups in total. The van der Waals surface area contributed by atoms with Gasteiger partial charge in [-0.3, -0.25) is 4.79 Å². The number of amides is 1. The average molecular weight is 257 g/mol. The van der Waals surface area contributed by atoms with Crippen LogP contribution < -0.4 is 10.6 Å². The van der Waals surface area contributed by atoms with E-state index in [-0.39, 0.29) is 25.1 Å². The Labute approximate surface area is 106 Å². The van der Waals surface area contributed by atoms with Gasteiger partial charge in [0, 0.05) is 16.8 Å². The van der Waals surface area contributed by atoms with Crippen LogP contribution in [-0.4, -0.2) is 23.6 Å². The molecular weight excluding hydrogens is 240 g/mol. The lowest BCUT2D eigenvalue weighted by Crippen LogP contribution is -2.38. The first-order valence-corrected chi connectivity index (χ1v) is 5.77. The third-order valence-corrected chi connectivity index (χ3v) is 2.84. The van der Waals surface area contributed by atoms with Crippen molar-refractivity contribution in [2.75, 3.05) is 11.4 Å². The molecule has 1 aromatic carbocycles.